The molecule has 2 aromatic carbocycles. The maximum Gasteiger partial charge on any atom is 0.404 e. The van der Waals surface area contributed by atoms with E-state index in [1.807, 2.05) is 42.6 Å². The first-order valence-electron chi connectivity index (χ1n) is 11.0. The van der Waals surface area contributed by atoms with Crippen molar-refractivity contribution in [2.24, 2.45) is 5.41 Å². The fourth-order valence-electron chi connectivity index (χ4n) is 3.94. The molecule has 0 unspecified atom stereocenters. The van der Waals surface area contributed by atoms with Gasteiger partial charge in [0.2, 0.25) is 0 Å². The van der Waals surface area contributed by atoms with E-state index in [9.17, 15) is 13.6 Å². The number of hydrogen-bond donors (Lipinski definition) is 3. The zero-order valence-corrected chi connectivity index (χ0v) is 19.2. The van der Waals surface area contributed by atoms with Gasteiger partial charge in [-0.25, -0.2) is 13.6 Å². The largest absolute Gasteiger partial charge is 0.465 e. The minimum Gasteiger partial charge on any atom is -0.465 e. The third kappa shape index (κ3) is 6.65. The highest BCUT2D eigenvalue weighted by atomic mass is 19.1. The summed E-state index contributed by atoms with van der Waals surface area (Å²) in [6.07, 6.45) is 1.46. The molecular formula is C26H31F2N3O2. The van der Waals surface area contributed by atoms with Gasteiger partial charge < -0.3 is 20.3 Å². The Labute approximate surface area is 193 Å². The van der Waals surface area contributed by atoms with Crippen LogP contribution < -0.4 is 10.6 Å². The number of rotatable bonds is 9. The molecule has 3 aromatic rings. The summed E-state index contributed by atoms with van der Waals surface area (Å²) >= 11 is 0. The molecule has 1 atom stereocenters. The molecule has 3 rings (SSSR count). The molecule has 0 saturated heterocycles. The number of hydrogen-bond acceptors (Lipinski definition) is 2. The van der Waals surface area contributed by atoms with Crippen molar-refractivity contribution in [3.05, 3.63) is 83.7 Å². The zero-order valence-electron chi connectivity index (χ0n) is 19.2. The molecule has 3 N–H and O–H groups in total. The van der Waals surface area contributed by atoms with Gasteiger partial charge in [0.15, 0.2) is 0 Å². The van der Waals surface area contributed by atoms with E-state index in [1.165, 1.54) is 6.07 Å². The first kappa shape index (κ1) is 24.5. The van der Waals surface area contributed by atoms with Crippen LogP contribution in [0.4, 0.5) is 13.6 Å². The summed E-state index contributed by atoms with van der Waals surface area (Å²) in [4.78, 5) is 10.7. The second-order valence-electron chi connectivity index (χ2n) is 9.23. The van der Waals surface area contributed by atoms with E-state index in [2.05, 4.69) is 36.0 Å². The van der Waals surface area contributed by atoms with Crippen LogP contribution in [0, 0.1) is 17.0 Å². The maximum absolute atomic E-state index is 14.6. The average Bonchev–Trinajstić information content (AvgIpc) is 3.14. The molecule has 1 heterocycles. The van der Waals surface area contributed by atoms with Crippen LogP contribution in [0.25, 0.3) is 11.1 Å². The van der Waals surface area contributed by atoms with Gasteiger partial charge in [-0.15, -0.1) is 0 Å². The van der Waals surface area contributed by atoms with Gasteiger partial charge in [0.05, 0.1) is 6.04 Å². The zero-order chi connectivity index (χ0) is 24.0. The van der Waals surface area contributed by atoms with Crippen molar-refractivity contribution in [2.45, 2.75) is 39.8 Å². The molecule has 5 nitrogen and oxygen atoms in total. The molecule has 0 saturated carbocycles. The smallest absolute Gasteiger partial charge is 0.404 e. The Morgan fingerprint density at radius 1 is 1.06 bits per heavy atom. The second kappa shape index (κ2) is 10.6. The Kier molecular flexibility index (Phi) is 7.87. The normalized spacial score (nSPS) is 12.5. The van der Waals surface area contributed by atoms with Crippen molar-refractivity contribution in [1.29, 1.82) is 0 Å². The number of amides is 1. The summed E-state index contributed by atoms with van der Waals surface area (Å²) in [5.74, 6) is -0.958. The predicted molar refractivity (Wildman–Crippen MR) is 126 cm³/mol. The molecular weight excluding hydrogens is 424 g/mol. The lowest BCUT2D eigenvalue weighted by Gasteiger charge is -2.33. The van der Waals surface area contributed by atoms with E-state index in [0.717, 1.165) is 23.4 Å². The quantitative estimate of drug-likeness (QED) is 0.357. The highest BCUT2D eigenvalue weighted by Gasteiger charge is 2.29. The highest BCUT2D eigenvalue weighted by Crippen LogP contribution is 2.37. The van der Waals surface area contributed by atoms with E-state index < -0.39 is 17.7 Å². The van der Waals surface area contributed by atoms with E-state index in [4.69, 9.17) is 5.11 Å². The van der Waals surface area contributed by atoms with Crippen molar-refractivity contribution in [1.82, 2.24) is 15.2 Å². The molecule has 7 heteroatoms. The van der Waals surface area contributed by atoms with Crippen LogP contribution in [0.3, 0.4) is 0 Å². The van der Waals surface area contributed by atoms with Gasteiger partial charge in [0.25, 0.3) is 0 Å². The van der Waals surface area contributed by atoms with Gasteiger partial charge in [-0.1, -0.05) is 51.1 Å². The minimum absolute atomic E-state index is 0.101. The molecule has 1 aromatic heterocycles. The Morgan fingerprint density at radius 2 is 1.79 bits per heavy atom. The molecule has 0 fully saturated rings. The second-order valence-corrected chi connectivity index (χ2v) is 9.23. The van der Waals surface area contributed by atoms with Crippen LogP contribution >= 0.6 is 0 Å². The SMILES string of the molecule is CC(C)(C)[C@@H](NCCCNC(=O)O)c1cc(-c2cc(F)ccc2F)cn1Cc1ccccc1. The first-order chi connectivity index (χ1) is 15.6. The fourth-order valence-corrected chi connectivity index (χ4v) is 3.94. The van der Waals surface area contributed by atoms with Crippen molar-refractivity contribution in [3.8, 4) is 11.1 Å². The van der Waals surface area contributed by atoms with Gasteiger partial charge in [0.1, 0.15) is 11.6 Å². The topological polar surface area (TPSA) is 66.3 Å². The van der Waals surface area contributed by atoms with Gasteiger partial charge in [-0.3, -0.25) is 0 Å². The number of nitrogens with one attached hydrogen (secondary N) is 2. The van der Waals surface area contributed by atoms with Crippen LogP contribution in [0.5, 0.6) is 0 Å². The molecule has 0 radical (unpaired) electrons. The standard InChI is InChI=1S/C26H31F2N3O2/c1-26(2,3)24(29-12-7-13-30-25(32)33)23-14-19(21-15-20(27)10-11-22(21)28)17-31(23)16-18-8-5-4-6-9-18/h4-6,8-11,14-15,17,24,29-30H,7,12-13,16H2,1-3H3,(H,32,33)/t24-/m0/s1. The fraction of sp³-hybridized carbons (Fsp3) is 0.346. The van der Waals surface area contributed by atoms with Crippen molar-refractivity contribution >= 4 is 6.09 Å². The third-order valence-electron chi connectivity index (χ3n) is 5.51. The number of carboxylic acid groups (broad SMARTS) is 1. The Morgan fingerprint density at radius 3 is 2.45 bits per heavy atom. The molecule has 0 aliphatic carbocycles. The monoisotopic (exact) mass is 455 g/mol. The Bertz CT molecular complexity index is 1070. The van der Waals surface area contributed by atoms with Crippen molar-refractivity contribution < 1.29 is 18.7 Å². The van der Waals surface area contributed by atoms with E-state index in [1.54, 1.807) is 0 Å². The minimum atomic E-state index is -1.04. The lowest BCUT2D eigenvalue weighted by atomic mass is 9.84. The van der Waals surface area contributed by atoms with Crippen LogP contribution in [0.2, 0.25) is 0 Å². The Balaban J connectivity index is 1.97. The number of aromatic nitrogens is 1. The molecule has 0 spiro atoms. The van der Waals surface area contributed by atoms with Gasteiger partial charge in [-0.2, -0.15) is 0 Å². The number of halogens is 2. The van der Waals surface area contributed by atoms with Gasteiger partial charge >= 0.3 is 6.09 Å². The summed E-state index contributed by atoms with van der Waals surface area (Å²) in [5, 5.41) is 14.7. The van der Waals surface area contributed by atoms with Crippen LogP contribution in [-0.4, -0.2) is 28.9 Å². The molecule has 0 aliphatic heterocycles. The van der Waals surface area contributed by atoms with Gasteiger partial charge in [-0.05, 0) is 48.2 Å². The lowest BCUT2D eigenvalue weighted by Crippen LogP contribution is -2.35. The summed E-state index contributed by atoms with van der Waals surface area (Å²) in [5.41, 5.74) is 2.70. The van der Waals surface area contributed by atoms with Gasteiger partial charge in [0, 0.05) is 36.1 Å². The van der Waals surface area contributed by atoms with E-state index in [-0.39, 0.29) is 17.0 Å². The summed E-state index contributed by atoms with van der Waals surface area (Å²) in [7, 11) is 0. The van der Waals surface area contributed by atoms with Crippen LogP contribution in [0.15, 0.2) is 60.8 Å². The van der Waals surface area contributed by atoms with Crippen molar-refractivity contribution in [3.63, 3.8) is 0 Å². The lowest BCUT2D eigenvalue weighted by molar-refractivity contribution is 0.194. The molecule has 33 heavy (non-hydrogen) atoms. The van der Waals surface area contributed by atoms with Crippen molar-refractivity contribution in [2.75, 3.05) is 13.1 Å². The molecule has 0 bridgehead atoms. The average molecular weight is 456 g/mol. The number of carbonyl (C=O) groups is 1. The van der Waals surface area contributed by atoms with Crippen LogP contribution in [-0.2, 0) is 6.54 Å². The number of benzene rings is 2. The predicted octanol–water partition coefficient (Wildman–Crippen LogP) is 5.82. The van der Waals surface area contributed by atoms with Crippen LogP contribution in [0.1, 0.15) is 44.5 Å². The molecule has 176 valence electrons. The first-order valence-corrected chi connectivity index (χ1v) is 11.0. The van der Waals surface area contributed by atoms with E-state index in [0.29, 0.717) is 31.6 Å². The third-order valence-corrected chi connectivity index (χ3v) is 5.51. The highest BCUT2D eigenvalue weighted by molar-refractivity contribution is 5.65. The number of nitrogens with zero attached hydrogens (tertiary/aromatic N) is 1. The molecule has 1 amide bonds. The van der Waals surface area contributed by atoms with E-state index >= 15 is 0 Å². The summed E-state index contributed by atoms with van der Waals surface area (Å²) < 4.78 is 30.5. The molecule has 0 aliphatic rings. The Hall–Kier alpha value is -3.19. The summed E-state index contributed by atoms with van der Waals surface area (Å²) in [6, 6.07) is 15.3. The summed E-state index contributed by atoms with van der Waals surface area (Å²) in [6.45, 7) is 7.88. The maximum atomic E-state index is 14.6.